The molecule has 94 valence electrons. The van der Waals surface area contributed by atoms with E-state index in [4.69, 9.17) is 15.4 Å². The van der Waals surface area contributed by atoms with Crippen molar-refractivity contribution in [2.75, 3.05) is 19.3 Å². The number of aliphatic carboxylic acids is 1. The van der Waals surface area contributed by atoms with E-state index in [1.165, 1.54) is 7.05 Å². The first-order chi connectivity index (χ1) is 7.13. The van der Waals surface area contributed by atoms with Crippen LogP contribution in [0.3, 0.4) is 0 Å². The predicted octanol–water partition coefficient (Wildman–Crippen LogP) is -1.87. The maximum atomic E-state index is 11.3. The third-order valence-corrected chi connectivity index (χ3v) is 2.52. The van der Waals surface area contributed by atoms with Crippen LogP contribution < -0.4 is 5.73 Å². The summed E-state index contributed by atoms with van der Waals surface area (Å²) in [5, 5.41) is 8.44. The monoisotopic (exact) mass is 254 g/mol. The van der Waals surface area contributed by atoms with Gasteiger partial charge in [-0.15, -0.1) is 0 Å². The lowest BCUT2D eigenvalue weighted by atomic mass is 10.2. The molecule has 4 N–H and O–H groups in total. The van der Waals surface area contributed by atoms with Crippen molar-refractivity contribution < 1.29 is 27.7 Å². The topological polar surface area (TPSA) is 138 Å². The maximum absolute atomic E-state index is 11.3. The van der Waals surface area contributed by atoms with E-state index in [0.717, 1.165) is 4.90 Å². The maximum Gasteiger partial charge on any atom is 0.321 e. The zero-order valence-electron chi connectivity index (χ0n) is 8.66. The molecule has 0 spiro atoms. The van der Waals surface area contributed by atoms with Gasteiger partial charge in [-0.25, -0.2) is 0 Å². The Hall–Kier alpha value is -1.19. The predicted molar refractivity (Wildman–Crippen MR) is 54.3 cm³/mol. The molecule has 0 aliphatic carbocycles. The fourth-order valence-corrected chi connectivity index (χ4v) is 1.31. The number of carbonyl (C=O) groups is 2. The van der Waals surface area contributed by atoms with Crippen molar-refractivity contribution in [3.05, 3.63) is 0 Å². The van der Waals surface area contributed by atoms with Crippen molar-refractivity contribution >= 4 is 22.0 Å². The van der Waals surface area contributed by atoms with Crippen LogP contribution >= 0.6 is 0 Å². The van der Waals surface area contributed by atoms with E-state index in [0.29, 0.717) is 0 Å². The van der Waals surface area contributed by atoms with Crippen molar-refractivity contribution in [3.8, 4) is 0 Å². The molecule has 0 saturated heterocycles. The number of carboxylic acids is 1. The van der Waals surface area contributed by atoms with Crippen LogP contribution in [-0.4, -0.2) is 60.2 Å². The zero-order valence-corrected chi connectivity index (χ0v) is 9.48. The van der Waals surface area contributed by atoms with Gasteiger partial charge in [-0.05, 0) is 0 Å². The van der Waals surface area contributed by atoms with Crippen molar-refractivity contribution in [1.82, 2.24) is 4.90 Å². The third-order valence-electron chi connectivity index (χ3n) is 1.82. The van der Waals surface area contributed by atoms with Crippen LogP contribution in [0.1, 0.15) is 6.42 Å². The largest absolute Gasteiger partial charge is 0.480 e. The molecule has 0 aromatic carbocycles. The zero-order chi connectivity index (χ0) is 12.9. The molecule has 0 radical (unpaired) electrons. The number of nitrogens with zero attached hydrogens (tertiary/aromatic N) is 1. The van der Waals surface area contributed by atoms with E-state index in [1.807, 2.05) is 0 Å². The lowest BCUT2D eigenvalue weighted by Gasteiger charge is -2.17. The van der Waals surface area contributed by atoms with Crippen LogP contribution in [0, 0.1) is 0 Å². The number of amides is 1. The van der Waals surface area contributed by atoms with Crippen LogP contribution in [0.2, 0.25) is 0 Å². The second-order valence-electron chi connectivity index (χ2n) is 3.25. The van der Waals surface area contributed by atoms with Crippen molar-refractivity contribution in [2.24, 2.45) is 5.73 Å². The van der Waals surface area contributed by atoms with E-state index in [1.54, 1.807) is 0 Å². The molecule has 0 aliphatic rings. The summed E-state index contributed by atoms with van der Waals surface area (Å²) in [6, 6.07) is -1.32. The summed E-state index contributed by atoms with van der Waals surface area (Å²) in [5.41, 5.74) is 5.12. The quantitative estimate of drug-likeness (QED) is 0.472. The molecule has 1 atom stereocenters. The molecule has 1 amide bonds. The SMILES string of the molecule is CN(CCS(=O)(=O)O)C(=O)C[C@H](N)C(=O)O. The number of hydrogen-bond donors (Lipinski definition) is 3. The van der Waals surface area contributed by atoms with Gasteiger partial charge in [0.05, 0.1) is 12.2 Å². The highest BCUT2D eigenvalue weighted by Gasteiger charge is 2.19. The summed E-state index contributed by atoms with van der Waals surface area (Å²) < 4.78 is 29.2. The van der Waals surface area contributed by atoms with E-state index in [-0.39, 0.29) is 6.54 Å². The Balaban J connectivity index is 4.15. The smallest absolute Gasteiger partial charge is 0.321 e. The summed E-state index contributed by atoms with van der Waals surface area (Å²) in [7, 11) is -2.85. The number of carboxylic acid groups (broad SMARTS) is 1. The number of hydrogen-bond acceptors (Lipinski definition) is 5. The van der Waals surface area contributed by atoms with Crippen LogP contribution in [0.15, 0.2) is 0 Å². The molecule has 0 aliphatic heterocycles. The molecule has 0 fully saturated rings. The molecule has 0 heterocycles. The van der Waals surface area contributed by atoms with Gasteiger partial charge in [0.15, 0.2) is 0 Å². The Morgan fingerprint density at radius 3 is 2.31 bits per heavy atom. The second-order valence-corrected chi connectivity index (χ2v) is 4.82. The minimum absolute atomic E-state index is 0.218. The fraction of sp³-hybridized carbons (Fsp3) is 0.714. The highest BCUT2D eigenvalue weighted by molar-refractivity contribution is 7.85. The first-order valence-corrected chi connectivity index (χ1v) is 5.92. The van der Waals surface area contributed by atoms with Crippen LogP contribution in [0.25, 0.3) is 0 Å². The fourth-order valence-electron chi connectivity index (χ4n) is 0.808. The highest BCUT2D eigenvalue weighted by Crippen LogP contribution is 1.96. The standard InChI is InChI=1S/C7H14N2O6S/c1-9(2-3-16(13,14)15)6(10)4-5(8)7(11)12/h5H,2-4,8H2,1H3,(H,11,12)(H,13,14,15)/t5-/m0/s1. The van der Waals surface area contributed by atoms with Gasteiger partial charge in [0.2, 0.25) is 5.91 Å². The van der Waals surface area contributed by atoms with Crippen LogP contribution in [-0.2, 0) is 19.7 Å². The first-order valence-electron chi connectivity index (χ1n) is 4.31. The van der Waals surface area contributed by atoms with Gasteiger partial charge in [0.25, 0.3) is 10.1 Å². The Bertz CT molecular complexity index is 365. The van der Waals surface area contributed by atoms with Crippen LogP contribution in [0.4, 0.5) is 0 Å². The van der Waals surface area contributed by atoms with Crippen molar-refractivity contribution in [2.45, 2.75) is 12.5 Å². The Morgan fingerprint density at radius 1 is 1.44 bits per heavy atom. The lowest BCUT2D eigenvalue weighted by Crippen LogP contribution is -2.39. The minimum atomic E-state index is -4.14. The van der Waals surface area contributed by atoms with Gasteiger partial charge in [-0.1, -0.05) is 0 Å². The highest BCUT2D eigenvalue weighted by atomic mass is 32.2. The molecule has 8 nitrogen and oxygen atoms in total. The van der Waals surface area contributed by atoms with Crippen LogP contribution in [0.5, 0.6) is 0 Å². The summed E-state index contributed by atoms with van der Waals surface area (Å²) in [6.45, 7) is -0.218. The Labute approximate surface area is 92.8 Å². The summed E-state index contributed by atoms with van der Waals surface area (Å²) in [6.07, 6.45) is -0.419. The van der Waals surface area contributed by atoms with E-state index in [9.17, 15) is 18.0 Å². The van der Waals surface area contributed by atoms with Crippen molar-refractivity contribution in [1.29, 1.82) is 0 Å². The lowest BCUT2D eigenvalue weighted by molar-refractivity contribution is -0.142. The molecule has 0 unspecified atom stereocenters. The summed E-state index contributed by atoms with van der Waals surface area (Å²) >= 11 is 0. The summed E-state index contributed by atoms with van der Waals surface area (Å²) in [4.78, 5) is 22.6. The van der Waals surface area contributed by atoms with E-state index in [2.05, 4.69) is 0 Å². The molecule has 16 heavy (non-hydrogen) atoms. The number of rotatable bonds is 6. The Morgan fingerprint density at radius 2 is 1.94 bits per heavy atom. The molecule has 0 rings (SSSR count). The third kappa shape index (κ3) is 6.32. The normalized spacial score (nSPS) is 13.2. The van der Waals surface area contributed by atoms with E-state index < -0.39 is 40.2 Å². The molecule has 0 aromatic rings. The molecule has 0 saturated carbocycles. The van der Waals surface area contributed by atoms with E-state index >= 15 is 0 Å². The molecule has 0 aromatic heterocycles. The average molecular weight is 254 g/mol. The van der Waals surface area contributed by atoms with Gasteiger partial charge in [-0.2, -0.15) is 8.42 Å². The van der Waals surface area contributed by atoms with Gasteiger partial charge >= 0.3 is 5.97 Å². The van der Waals surface area contributed by atoms with Crippen molar-refractivity contribution in [3.63, 3.8) is 0 Å². The number of carbonyl (C=O) groups excluding carboxylic acids is 1. The van der Waals surface area contributed by atoms with Gasteiger partial charge in [0.1, 0.15) is 6.04 Å². The molecular weight excluding hydrogens is 240 g/mol. The van der Waals surface area contributed by atoms with Gasteiger partial charge in [-0.3, -0.25) is 14.1 Å². The van der Waals surface area contributed by atoms with Gasteiger partial charge < -0.3 is 15.7 Å². The Kier molecular flexibility index (Phi) is 5.35. The second kappa shape index (κ2) is 5.77. The first kappa shape index (κ1) is 14.8. The number of nitrogens with two attached hydrogens (primary N) is 1. The minimum Gasteiger partial charge on any atom is -0.480 e. The van der Waals surface area contributed by atoms with Gasteiger partial charge in [0, 0.05) is 13.6 Å². The average Bonchev–Trinajstić information content (AvgIpc) is 2.12. The molecule has 9 heteroatoms. The molecule has 0 bridgehead atoms. The summed E-state index contributed by atoms with van der Waals surface area (Å²) in [5.74, 6) is -2.51. The molecular formula is C7H14N2O6S.